The average molecular weight is 442 g/mol. The van der Waals surface area contributed by atoms with Crippen molar-refractivity contribution in [1.82, 2.24) is 14.4 Å². The smallest absolute Gasteiger partial charge is 0.277 e. The zero-order valence-electron chi connectivity index (χ0n) is 16.9. The van der Waals surface area contributed by atoms with Crippen LogP contribution in [0.3, 0.4) is 0 Å². The maximum atomic E-state index is 13.0. The molecule has 10 heteroatoms. The van der Waals surface area contributed by atoms with Crippen molar-refractivity contribution in [2.75, 3.05) is 25.5 Å². The summed E-state index contributed by atoms with van der Waals surface area (Å²) >= 11 is 0. The van der Waals surface area contributed by atoms with Gasteiger partial charge in [-0.2, -0.15) is 4.31 Å². The number of benzene rings is 1. The summed E-state index contributed by atoms with van der Waals surface area (Å²) < 4.78 is 38.0. The third kappa shape index (κ3) is 4.44. The third-order valence-electron chi connectivity index (χ3n) is 5.06. The highest BCUT2D eigenvalue weighted by atomic mass is 32.2. The second-order valence-corrected chi connectivity index (χ2v) is 9.04. The summed E-state index contributed by atoms with van der Waals surface area (Å²) in [4.78, 5) is 16.8. The van der Waals surface area contributed by atoms with Gasteiger partial charge in [0.2, 0.25) is 10.0 Å². The quantitative estimate of drug-likeness (QED) is 0.623. The van der Waals surface area contributed by atoms with Gasteiger partial charge in [0.25, 0.3) is 5.91 Å². The van der Waals surface area contributed by atoms with Gasteiger partial charge in [0, 0.05) is 37.1 Å². The molecule has 0 radical (unpaired) electrons. The molecule has 3 heterocycles. The van der Waals surface area contributed by atoms with E-state index in [4.69, 9.17) is 9.26 Å². The van der Waals surface area contributed by atoms with Gasteiger partial charge in [0.1, 0.15) is 5.75 Å². The number of nitrogens with one attached hydrogen (secondary N) is 1. The lowest BCUT2D eigenvalue weighted by Crippen LogP contribution is -2.35. The Kier molecular flexibility index (Phi) is 6.01. The zero-order valence-corrected chi connectivity index (χ0v) is 17.8. The summed E-state index contributed by atoms with van der Waals surface area (Å²) in [6.07, 6.45) is 5.92. The third-order valence-corrected chi connectivity index (χ3v) is 6.96. The van der Waals surface area contributed by atoms with Gasteiger partial charge >= 0.3 is 0 Å². The predicted molar refractivity (Wildman–Crippen MR) is 113 cm³/mol. The average Bonchev–Trinajstić information content (AvgIpc) is 3.31. The molecule has 1 fully saturated rings. The highest BCUT2D eigenvalue weighted by molar-refractivity contribution is 7.89. The minimum absolute atomic E-state index is 0.0465. The maximum Gasteiger partial charge on any atom is 0.277 e. The van der Waals surface area contributed by atoms with Crippen LogP contribution in [0.4, 0.5) is 5.69 Å². The van der Waals surface area contributed by atoms with Crippen LogP contribution in [0.1, 0.15) is 29.8 Å². The van der Waals surface area contributed by atoms with E-state index in [9.17, 15) is 13.2 Å². The molecule has 0 aliphatic carbocycles. The van der Waals surface area contributed by atoms with Gasteiger partial charge in [-0.15, -0.1) is 0 Å². The molecule has 1 aromatic carbocycles. The highest BCUT2D eigenvalue weighted by Crippen LogP contribution is 2.30. The molecule has 1 aliphatic rings. The molecule has 4 rings (SSSR count). The minimum atomic E-state index is -3.66. The summed E-state index contributed by atoms with van der Waals surface area (Å²) in [6.45, 7) is 0.984. The van der Waals surface area contributed by atoms with Crippen molar-refractivity contribution >= 4 is 21.6 Å². The van der Waals surface area contributed by atoms with E-state index in [-0.39, 0.29) is 16.3 Å². The van der Waals surface area contributed by atoms with Gasteiger partial charge < -0.3 is 14.6 Å². The fourth-order valence-corrected chi connectivity index (χ4v) is 4.96. The van der Waals surface area contributed by atoms with Gasteiger partial charge in [-0.1, -0.05) is 11.6 Å². The number of rotatable bonds is 6. The summed E-state index contributed by atoms with van der Waals surface area (Å²) in [7, 11) is -2.21. The molecule has 0 unspecified atom stereocenters. The zero-order chi connectivity index (χ0) is 21.8. The maximum absolute atomic E-state index is 13.0. The molecule has 31 heavy (non-hydrogen) atoms. The molecule has 1 aliphatic heterocycles. The van der Waals surface area contributed by atoms with Gasteiger partial charge in [0.05, 0.1) is 17.7 Å². The van der Waals surface area contributed by atoms with Crippen molar-refractivity contribution in [3.8, 4) is 17.1 Å². The second-order valence-electron chi connectivity index (χ2n) is 7.10. The van der Waals surface area contributed by atoms with Crippen molar-refractivity contribution in [3.05, 3.63) is 54.5 Å². The number of nitrogens with zero attached hydrogens (tertiary/aromatic N) is 3. The van der Waals surface area contributed by atoms with Crippen LogP contribution in [0.25, 0.3) is 11.3 Å². The van der Waals surface area contributed by atoms with E-state index >= 15 is 0 Å². The van der Waals surface area contributed by atoms with Crippen LogP contribution in [0.2, 0.25) is 0 Å². The van der Waals surface area contributed by atoms with E-state index in [1.807, 2.05) is 0 Å². The van der Waals surface area contributed by atoms with Gasteiger partial charge in [0.15, 0.2) is 11.5 Å². The molecule has 1 amide bonds. The topological polar surface area (TPSA) is 115 Å². The van der Waals surface area contributed by atoms with Gasteiger partial charge in [-0.05, 0) is 43.2 Å². The van der Waals surface area contributed by atoms with Crippen LogP contribution in [0.5, 0.6) is 5.75 Å². The number of piperidine rings is 1. The van der Waals surface area contributed by atoms with Crippen LogP contribution in [-0.4, -0.2) is 49.0 Å². The number of hydrogen-bond acceptors (Lipinski definition) is 7. The molecular weight excluding hydrogens is 420 g/mol. The van der Waals surface area contributed by atoms with Gasteiger partial charge in [-0.25, -0.2) is 8.42 Å². The number of aromatic nitrogens is 2. The van der Waals surface area contributed by atoms with Crippen LogP contribution >= 0.6 is 0 Å². The normalized spacial score (nSPS) is 14.9. The lowest BCUT2D eigenvalue weighted by molar-refractivity contribution is 0.101. The summed E-state index contributed by atoms with van der Waals surface area (Å²) in [5.74, 6) is 0.179. The number of carbonyl (C=O) groups is 1. The first-order valence-electron chi connectivity index (χ1n) is 9.86. The van der Waals surface area contributed by atoms with E-state index in [0.29, 0.717) is 30.2 Å². The number of pyridine rings is 1. The Hall–Kier alpha value is -3.24. The number of methoxy groups -OCH3 is 1. The van der Waals surface area contributed by atoms with Crippen LogP contribution in [0.15, 0.2) is 58.2 Å². The van der Waals surface area contributed by atoms with Crippen LogP contribution < -0.4 is 10.1 Å². The van der Waals surface area contributed by atoms with E-state index < -0.39 is 15.9 Å². The van der Waals surface area contributed by atoms with Crippen molar-refractivity contribution in [3.63, 3.8) is 0 Å². The van der Waals surface area contributed by atoms with Gasteiger partial charge in [-0.3, -0.25) is 9.78 Å². The minimum Gasteiger partial charge on any atom is -0.495 e. The first-order chi connectivity index (χ1) is 15.0. The van der Waals surface area contributed by atoms with Crippen molar-refractivity contribution in [1.29, 1.82) is 0 Å². The summed E-state index contributed by atoms with van der Waals surface area (Å²) in [5, 5.41) is 6.48. The summed E-state index contributed by atoms with van der Waals surface area (Å²) in [6, 6.07) is 9.44. The van der Waals surface area contributed by atoms with E-state index in [0.717, 1.165) is 19.3 Å². The molecule has 0 saturated carbocycles. The molecule has 0 atom stereocenters. The number of sulfonamides is 1. The van der Waals surface area contributed by atoms with Crippen LogP contribution in [0, 0.1) is 0 Å². The molecule has 1 N–H and O–H groups in total. The Morgan fingerprint density at radius 1 is 1.16 bits per heavy atom. The Balaban J connectivity index is 1.58. The lowest BCUT2D eigenvalue weighted by Gasteiger charge is -2.26. The first-order valence-corrected chi connectivity index (χ1v) is 11.3. The summed E-state index contributed by atoms with van der Waals surface area (Å²) in [5.41, 5.74) is 0.961. The number of carbonyl (C=O) groups excluding carboxylic acids is 1. The Bertz CT molecular complexity index is 1170. The van der Waals surface area contributed by atoms with Crippen molar-refractivity contribution in [2.45, 2.75) is 24.2 Å². The fourth-order valence-electron chi connectivity index (χ4n) is 3.41. The Morgan fingerprint density at radius 2 is 1.97 bits per heavy atom. The van der Waals surface area contributed by atoms with Crippen molar-refractivity contribution < 1.29 is 22.5 Å². The molecule has 2 aromatic heterocycles. The number of amides is 1. The SMILES string of the molecule is COc1ccc(S(=O)(=O)N2CCCCC2)cc1NC(=O)c1cc(-c2cccnc2)on1. The lowest BCUT2D eigenvalue weighted by atomic mass is 10.2. The number of ether oxygens (including phenoxy) is 1. The molecule has 162 valence electrons. The largest absolute Gasteiger partial charge is 0.495 e. The van der Waals surface area contributed by atoms with Crippen molar-refractivity contribution in [2.24, 2.45) is 0 Å². The monoisotopic (exact) mass is 442 g/mol. The van der Waals surface area contributed by atoms with E-state index in [2.05, 4.69) is 15.5 Å². The fraction of sp³-hybridized carbons (Fsp3) is 0.286. The number of anilines is 1. The molecule has 3 aromatic rings. The standard InChI is InChI=1S/C21H22N4O5S/c1-29-19-8-7-16(31(27,28)25-10-3-2-4-11-25)12-17(19)23-21(26)18-13-20(30-24-18)15-6-5-9-22-14-15/h5-9,12-14H,2-4,10-11H2,1H3,(H,23,26). The predicted octanol–water partition coefficient (Wildman–Crippen LogP) is 3.17. The molecule has 0 bridgehead atoms. The Morgan fingerprint density at radius 3 is 2.68 bits per heavy atom. The first kappa shape index (κ1) is 21.0. The molecule has 9 nitrogen and oxygen atoms in total. The molecule has 0 spiro atoms. The second kappa shape index (κ2) is 8.86. The van der Waals surface area contributed by atoms with E-state index in [1.165, 1.54) is 35.7 Å². The molecular formula is C21H22N4O5S. The highest BCUT2D eigenvalue weighted by Gasteiger charge is 2.27. The number of hydrogen-bond donors (Lipinski definition) is 1. The Labute approximate surface area is 180 Å². The molecule has 1 saturated heterocycles. The van der Waals surface area contributed by atoms with E-state index in [1.54, 1.807) is 24.5 Å². The van der Waals surface area contributed by atoms with Crippen LogP contribution in [-0.2, 0) is 10.0 Å².